The maximum Gasteiger partial charge on any atom is 0.270 e. The number of hydrogen-bond acceptors (Lipinski definition) is 5. The molecule has 1 aromatic heterocycles. The quantitative estimate of drug-likeness (QED) is 0.555. The first-order valence-electron chi connectivity index (χ1n) is 7.33. The molecule has 0 aliphatic carbocycles. The van der Waals surface area contributed by atoms with Crippen molar-refractivity contribution < 1.29 is 10.0 Å². The molecule has 122 valence electrons. The zero-order valence-corrected chi connectivity index (χ0v) is 13.0. The molecule has 2 aromatic carbocycles. The zero-order chi connectivity index (χ0) is 17.1. The number of aromatic nitrogens is 2. The zero-order valence-electron chi connectivity index (χ0n) is 13.0. The summed E-state index contributed by atoms with van der Waals surface area (Å²) < 4.78 is 1.84. The Morgan fingerprint density at radius 2 is 2.04 bits per heavy atom. The second-order valence-electron chi connectivity index (χ2n) is 5.36. The van der Waals surface area contributed by atoms with E-state index in [-0.39, 0.29) is 11.4 Å². The van der Waals surface area contributed by atoms with E-state index >= 15 is 0 Å². The third-order valence-corrected chi connectivity index (χ3v) is 3.70. The van der Waals surface area contributed by atoms with Gasteiger partial charge in [-0.3, -0.25) is 10.1 Å². The molecule has 7 nitrogen and oxygen atoms in total. The molecule has 0 fully saturated rings. The van der Waals surface area contributed by atoms with E-state index in [1.807, 2.05) is 23.7 Å². The van der Waals surface area contributed by atoms with E-state index in [2.05, 4.69) is 10.3 Å². The summed E-state index contributed by atoms with van der Waals surface area (Å²) in [6.07, 6.45) is 1.67. The number of phenols is 1. The Kier molecular flexibility index (Phi) is 4.15. The van der Waals surface area contributed by atoms with Crippen LogP contribution in [0.1, 0.15) is 5.56 Å². The Bertz CT molecular complexity index is 889. The summed E-state index contributed by atoms with van der Waals surface area (Å²) in [5, 5.41) is 23.6. The number of nitro groups is 1. The summed E-state index contributed by atoms with van der Waals surface area (Å²) >= 11 is 0. The average Bonchev–Trinajstić information content (AvgIpc) is 2.94. The summed E-state index contributed by atoms with van der Waals surface area (Å²) in [5.41, 5.74) is 2.47. The minimum absolute atomic E-state index is 0.0444. The molecule has 0 aliphatic heterocycles. The minimum Gasteiger partial charge on any atom is -0.508 e. The molecule has 0 saturated carbocycles. The van der Waals surface area contributed by atoms with E-state index < -0.39 is 4.92 Å². The number of nitrogens with one attached hydrogen (secondary N) is 1. The van der Waals surface area contributed by atoms with Crippen LogP contribution in [0.15, 0.2) is 54.7 Å². The molecule has 1 heterocycles. The number of nitrogens with zero attached hydrogens (tertiary/aromatic N) is 3. The molecule has 3 aromatic rings. The predicted octanol–water partition coefficient (Wildman–Crippen LogP) is 3.31. The van der Waals surface area contributed by atoms with Crippen molar-refractivity contribution in [2.24, 2.45) is 7.05 Å². The van der Waals surface area contributed by atoms with Gasteiger partial charge in [0, 0.05) is 31.3 Å². The lowest BCUT2D eigenvalue weighted by molar-refractivity contribution is -0.384. The number of rotatable bonds is 5. The molecule has 0 amide bonds. The summed E-state index contributed by atoms with van der Waals surface area (Å²) in [4.78, 5) is 14.8. The van der Waals surface area contributed by atoms with Crippen molar-refractivity contribution in [1.29, 1.82) is 0 Å². The van der Waals surface area contributed by atoms with E-state index in [0.717, 1.165) is 16.8 Å². The number of phenolic OH excluding ortho intramolecular Hbond substituents is 1. The molecule has 0 aliphatic rings. The monoisotopic (exact) mass is 324 g/mol. The lowest BCUT2D eigenvalue weighted by Gasteiger charge is -2.09. The van der Waals surface area contributed by atoms with E-state index in [1.54, 1.807) is 30.5 Å². The fourth-order valence-electron chi connectivity index (χ4n) is 2.47. The van der Waals surface area contributed by atoms with Gasteiger partial charge < -0.3 is 15.0 Å². The number of non-ortho nitro benzene ring substituents is 1. The van der Waals surface area contributed by atoms with Crippen LogP contribution in [-0.2, 0) is 13.6 Å². The Balaban J connectivity index is 1.81. The molecule has 0 bridgehead atoms. The molecule has 0 saturated heterocycles. The molecule has 2 N–H and O–H groups in total. The van der Waals surface area contributed by atoms with Crippen molar-refractivity contribution in [2.75, 3.05) is 5.32 Å². The molecule has 0 atom stereocenters. The van der Waals surface area contributed by atoms with Crippen LogP contribution in [0.4, 0.5) is 11.6 Å². The lowest BCUT2D eigenvalue weighted by atomic mass is 10.1. The lowest BCUT2D eigenvalue weighted by Crippen LogP contribution is -2.05. The van der Waals surface area contributed by atoms with Crippen LogP contribution in [0.2, 0.25) is 0 Å². The van der Waals surface area contributed by atoms with Gasteiger partial charge in [0.25, 0.3) is 5.69 Å². The summed E-state index contributed by atoms with van der Waals surface area (Å²) in [5.74, 6) is 0.853. The Hall–Kier alpha value is -3.35. The van der Waals surface area contributed by atoms with Crippen LogP contribution >= 0.6 is 0 Å². The van der Waals surface area contributed by atoms with Gasteiger partial charge in [-0.25, -0.2) is 4.98 Å². The highest BCUT2D eigenvalue weighted by Gasteiger charge is 2.12. The maximum atomic E-state index is 10.9. The number of anilines is 1. The van der Waals surface area contributed by atoms with Crippen LogP contribution in [0.25, 0.3) is 11.3 Å². The average molecular weight is 324 g/mol. The highest BCUT2D eigenvalue weighted by molar-refractivity contribution is 5.64. The van der Waals surface area contributed by atoms with Crippen molar-refractivity contribution in [1.82, 2.24) is 9.55 Å². The fourth-order valence-corrected chi connectivity index (χ4v) is 2.47. The fraction of sp³-hybridized carbons (Fsp3) is 0.118. The van der Waals surface area contributed by atoms with E-state index in [0.29, 0.717) is 12.5 Å². The Morgan fingerprint density at radius 1 is 1.25 bits per heavy atom. The molecule has 7 heteroatoms. The van der Waals surface area contributed by atoms with Gasteiger partial charge in [0.05, 0.1) is 16.8 Å². The number of benzene rings is 2. The molecule has 0 radical (unpaired) electrons. The highest BCUT2D eigenvalue weighted by Crippen LogP contribution is 2.25. The van der Waals surface area contributed by atoms with Crippen molar-refractivity contribution in [2.45, 2.75) is 6.54 Å². The number of hydrogen-bond donors (Lipinski definition) is 2. The van der Waals surface area contributed by atoms with Crippen LogP contribution in [0.3, 0.4) is 0 Å². The van der Waals surface area contributed by atoms with E-state index in [9.17, 15) is 15.2 Å². The normalized spacial score (nSPS) is 10.5. The van der Waals surface area contributed by atoms with Gasteiger partial charge in [-0.15, -0.1) is 0 Å². The Labute approximate surface area is 138 Å². The summed E-state index contributed by atoms with van der Waals surface area (Å²) in [6, 6.07) is 13.4. The standard InChI is InChI=1S/C17H16N4O3/c1-20-16(13-5-3-6-14(9-13)21(23)24)11-19-17(20)18-10-12-4-2-7-15(22)8-12/h2-9,11,22H,10H2,1H3,(H,18,19). The molecular weight excluding hydrogens is 308 g/mol. The van der Waals surface area contributed by atoms with E-state index in [4.69, 9.17) is 0 Å². The van der Waals surface area contributed by atoms with Gasteiger partial charge in [0.2, 0.25) is 5.95 Å². The van der Waals surface area contributed by atoms with Gasteiger partial charge in [-0.05, 0) is 17.7 Å². The summed E-state index contributed by atoms with van der Waals surface area (Å²) in [6.45, 7) is 0.508. The second kappa shape index (κ2) is 6.41. The van der Waals surface area contributed by atoms with Gasteiger partial charge in [0.1, 0.15) is 5.75 Å². The van der Waals surface area contributed by atoms with E-state index in [1.165, 1.54) is 12.1 Å². The van der Waals surface area contributed by atoms with Crippen LogP contribution in [0, 0.1) is 10.1 Å². The first kappa shape index (κ1) is 15.5. The summed E-state index contributed by atoms with van der Waals surface area (Å²) in [7, 11) is 1.84. The highest BCUT2D eigenvalue weighted by atomic mass is 16.6. The number of imidazole rings is 1. The Morgan fingerprint density at radius 3 is 2.79 bits per heavy atom. The van der Waals surface area contributed by atoms with Crippen molar-refractivity contribution >= 4 is 11.6 Å². The molecule has 0 spiro atoms. The maximum absolute atomic E-state index is 10.9. The van der Waals surface area contributed by atoms with Crippen molar-refractivity contribution in [3.05, 3.63) is 70.4 Å². The second-order valence-corrected chi connectivity index (χ2v) is 5.36. The van der Waals surface area contributed by atoms with Crippen LogP contribution in [-0.4, -0.2) is 19.6 Å². The number of aromatic hydroxyl groups is 1. The molecule has 24 heavy (non-hydrogen) atoms. The van der Waals surface area contributed by atoms with Crippen molar-refractivity contribution in [3.63, 3.8) is 0 Å². The molecule has 3 rings (SSSR count). The van der Waals surface area contributed by atoms with Gasteiger partial charge in [-0.2, -0.15) is 0 Å². The van der Waals surface area contributed by atoms with Gasteiger partial charge >= 0.3 is 0 Å². The van der Waals surface area contributed by atoms with Crippen LogP contribution < -0.4 is 5.32 Å². The minimum atomic E-state index is -0.416. The molecule has 0 unspecified atom stereocenters. The topological polar surface area (TPSA) is 93.2 Å². The van der Waals surface area contributed by atoms with Gasteiger partial charge in [0.15, 0.2) is 0 Å². The molecular formula is C17H16N4O3. The first-order chi connectivity index (χ1) is 11.5. The predicted molar refractivity (Wildman–Crippen MR) is 90.7 cm³/mol. The largest absolute Gasteiger partial charge is 0.508 e. The smallest absolute Gasteiger partial charge is 0.270 e. The van der Waals surface area contributed by atoms with Crippen molar-refractivity contribution in [3.8, 4) is 17.0 Å². The van der Waals surface area contributed by atoms with Gasteiger partial charge in [-0.1, -0.05) is 24.3 Å². The third-order valence-electron chi connectivity index (χ3n) is 3.70. The SMILES string of the molecule is Cn1c(-c2cccc([N+](=O)[O-])c2)cnc1NCc1cccc(O)c1. The third kappa shape index (κ3) is 3.19. The number of nitro benzene ring substituents is 1. The van der Waals surface area contributed by atoms with Crippen LogP contribution in [0.5, 0.6) is 5.75 Å². The first-order valence-corrected chi connectivity index (χ1v) is 7.33.